The number of rotatable bonds is 6. The summed E-state index contributed by atoms with van der Waals surface area (Å²) in [6.07, 6.45) is 0. The number of ether oxygens (including phenoxy) is 2. The lowest BCUT2D eigenvalue weighted by Gasteiger charge is -2.18. The van der Waals surface area contributed by atoms with Gasteiger partial charge >= 0.3 is 5.97 Å². The van der Waals surface area contributed by atoms with Gasteiger partial charge in [0.15, 0.2) is 6.61 Å². The fraction of sp³-hybridized carbons (Fsp3) is 0.429. The highest BCUT2D eigenvalue weighted by atomic mass is 16.5. The molecule has 0 aliphatic rings. The molecule has 0 saturated heterocycles. The van der Waals surface area contributed by atoms with E-state index in [1.165, 1.54) is 7.11 Å². The quantitative estimate of drug-likeness (QED) is 0.735. The van der Waals surface area contributed by atoms with E-state index in [1.807, 2.05) is 13.8 Å². The topological polar surface area (TPSA) is 55.8 Å². The van der Waals surface area contributed by atoms with Gasteiger partial charge in [0.1, 0.15) is 5.75 Å². The van der Waals surface area contributed by atoms with E-state index in [-0.39, 0.29) is 12.5 Å². The van der Waals surface area contributed by atoms with E-state index in [1.54, 1.807) is 29.2 Å². The summed E-state index contributed by atoms with van der Waals surface area (Å²) in [5.74, 6) is -0.0302. The predicted octanol–water partition coefficient (Wildman–Crippen LogP) is 1.72. The lowest BCUT2D eigenvalue weighted by molar-refractivity contribution is -0.132. The molecule has 0 heterocycles. The van der Waals surface area contributed by atoms with Crippen LogP contribution >= 0.6 is 0 Å². The van der Waals surface area contributed by atoms with Crippen LogP contribution in [0.5, 0.6) is 5.75 Å². The van der Waals surface area contributed by atoms with Crippen molar-refractivity contribution in [1.29, 1.82) is 0 Å². The molecule has 19 heavy (non-hydrogen) atoms. The number of methoxy groups -OCH3 is 1. The van der Waals surface area contributed by atoms with Gasteiger partial charge in [-0.3, -0.25) is 4.79 Å². The maximum absolute atomic E-state index is 11.8. The molecule has 104 valence electrons. The third kappa shape index (κ3) is 4.28. The van der Waals surface area contributed by atoms with Gasteiger partial charge in [-0.05, 0) is 32.0 Å². The summed E-state index contributed by atoms with van der Waals surface area (Å²) in [5.41, 5.74) is 0.398. The Bertz CT molecular complexity index is 441. The van der Waals surface area contributed by atoms with Crippen LogP contribution < -0.4 is 4.74 Å². The molecule has 0 unspecified atom stereocenters. The Morgan fingerprint density at radius 3 is 2.47 bits per heavy atom. The van der Waals surface area contributed by atoms with Crippen LogP contribution in [0.15, 0.2) is 24.3 Å². The molecular formula is C14H19NO4. The Labute approximate surface area is 113 Å². The highest BCUT2D eigenvalue weighted by Gasteiger charge is 2.11. The maximum atomic E-state index is 11.8. The smallest absolute Gasteiger partial charge is 0.337 e. The first-order chi connectivity index (χ1) is 9.12. The second-order valence-electron chi connectivity index (χ2n) is 3.87. The van der Waals surface area contributed by atoms with Crippen molar-refractivity contribution in [1.82, 2.24) is 4.90 Å². The minimum atomic E-state index is -0.430. The molecular weight excluding hydrogens is 246 g/mol. The molecule has 1 aromatic rings. The molecule has 1 amide bonds. The van der Waals surface area contributed by atoms with Crippen molar-refractivity contribution in [3.8, 4) is 5.75 Å². The van der Waals surface area contributed by atoms with Crippen molar-refractivity contribution in [2.24, 2.45) is 0 Å². The molecule has 1 aromatic carbocycles. The summed E-state index contributed by atoms with van der Waals surface area (Å²) in [5, 5.41) is 0. The second kappa shape index (κ2) is 7.41. The number of hydrogen-bond donors (Lipinski definition) is 0. The number of benzene rings is 1. The second-order valence-corrected chi connectivity index (χ2v) is 3.87. The molecule has 0 aliphatic carbocycles. The van der Waals surface area contributed by atoms with Gasteiger partial charge in [-0.25, -0.2) is 4.79 Å². The first-order valence-electron chi connectivity index (χ1n) is 6.21. The van der Waals surface area contributed by atoms with E-state index in [9.17, 15) is 9.59 Å². The monoisotopic (exact) mass is 265 g/mol. The molecule has 0 aliphatic heterocycles. The number of nitrogens with zero attached hydrogens (tertiary/aromatic N) is 1. The van der Waals surface area contributed by atoms with Crippen LogP contribution in [0.1, 0.15) is 24.2 Å². The normalized spacial score (nSPS) is 9.84. The van der Waals surface area contributed by atoms with Gasteiger partial charge in [-0.2, -0.15) is 0 Å². The lowest BCUT2D eigenvalue weighted by atomic mass is 10.2. The van der Waals surface area contributed by atoms with Crippen LogP contribution in [0.4, 0.5) is 0 Å². The third-order valence-corrected chi connectivity index (χ3v) is 2.73. The largest absolute Gasteiger partial charge is 0.484 e. The van der Waals surface area contributed by atoms with Crippen LogP contribution in [0.3, 0.4) is 0 Å². The Kier molecular flexibility index (Phi) is 5.85. The fourth-order valence-electron chi connectivity index (χ4n) is 1.64. The minimum Gasteiger partial charge on any atom is -0.484 e. The van der Waals surface area contributed by atoms with Crippen LogP contribution in [0.2, 0.25) is 0 Å². The SMILES string of the molecule is CCN(CC)C(=O)COc1cccc(C(=O)OC)c1. The number of hydrogen-bond acceptors (Lipinski definition) is 4. The zero-order valence-corrected chi connectivity index (χ0v) is 11.5. The van der Waals surface area contributed by atoms with Gasteiger partial charge in [0, 0.05) is 13.1 Å². The molecule has 0 fully saturated rings. The van der Waals surface area contributed by atoms with Gasteiger partial charge in [-0.15, -0.1) is 0 Å². The van der Waals surface area contributed by atoms with Crippen LogP contribution in [-0.4, -0.2) is 43.6 Å². The summed E-state index contributed by atoms with van der Waals surface area (Å²) in [4.78, 5) is 24.8. The average Bonchev–Trinajstić information content (AvgIpc) is 2.45. The first-order valence-corrected chi connectivity index (χ1v) is 6.21. The number of esters is 1. The number of carbonyl (C=O) groups excluding carboxylic acids is 2. The standard InChI is InChI=1S/C14H19NO4/c1-4-15(5-2)13(16)10-19-12-8-6-7-11(9-12)14(17)18-3/h6-9H,4-5,10H2,1-3H3. The van der Waals surface area contributed by atoms with E-state index in [2.05, 4.69) is 4.74 Å². The predicted molar refractivity (Wildman–Crippen MR) is 71.2 cm³/mol. The highest BCUT2D eigenvalue weighted by molar-refractivity contribution is 5.89. The first kappa shape index (κ1) is 15.0. The molecule has 0 aromatic heterocycles. The Morgan fingerprint density at radius 2 is 1.89 bits per heavy atom. The molecule has 0 N–H and O–H groups in total. The van der Waals surface area contributed by atoms with E-state index in [0.29, 0.717) is 24.4 Å². The number of likely N-dealkylation sites (N-methyl/N-ethyl adjacent to an activating group) is 1. The van der Waals surface area contributed by atoms with Crippen molar-refractivity contribution < 1.29 is 19.1 Å². The zero-order valence-electron chi connectivity index (χ0n) is 11.5. The summed E-state index contributed by atoms with van der Waals surface area (Å²) >= 11 is 0. The zero-order chi connectivity index (χ0) is 14.3. The van der Waals surface area contributed by atoms with E-state index >= 15 is 0 Å². The summed E-state index contributed by atoms with van der Waals surface area (Å²) in [6.45, 7) is 5.10. The van der Waals surface area contributed by atoms with Gasteiger partial charge in [0.25, 0.3) is 5.91 Å². The highest BCUT2D eigenvalue weighted by Crippen LogP contribution is 2.14. The van der Waals surface area contributed by atoms with E-state index < -0.39 is 5.97 Å². The van der Waals surface area contributed by atoms with E-state index in [4.69, 9.17) is 4.74 Å². The molecule has 0 atom stereocenters. The molecule has 0 bridgehead atoms. The van der Waals surface area contributed by atoms with Crippen LogP contribution in [0, 0.1) is 0 Å². The Hall–Kier alpha value is -2.04. The van der Waals surface area contributed by atoms with Gasteiger partial charge in [0.2, 0.25) is 0 Å². The maximum Gasteiger partial charge on any atom is 0.337 e. The molecule has 5 nitrogen and oxygen atoms in total. The van der Waals surface area contributed by atoms with Crippen molar-refractivity contribution in [2.75, 3.05) is 26.8 Å². The average molecular weight is 265 g/mol. The van der Waals surface area contributed by atoms with Crippen molar-refractivity contribution >= 4 is 11.9 Å². The number of carbonyl (C=O) groups is 2. The van der Waals surface area contributed by atoms with Gasteiger partial charge in [-0.1, -0.05) is 6.07 Å². The van der Waals surface area contributed by atoms with Crippen LogP contribution in [-0.2, 0) is 9.53 Å². The summed E-state index contributed by atoms with van der Waals surface area (Å²) < 4.78 is 10.0. The molecule has 0 saturated carbocycles. The van der Waals surface area contributed by atoms with Gasteiger partial charge < -0.3 is 14.4 Å². The van der Waals surface area contributed by atoms with Crippen molar-refractivity contribution in [3.05, 3.63) is 29.8 Å². The van der Waals surface area contributed by atoms with Crippen LogP contribution in [0.25, 0.3) is 0 Å². The molecule has 1 rings (SSSR count). The third-order valence-electron chi connectivity index (χ3n) is 2.73. The van der Waals surface area contributed by atoms with Crippen molar-refractivity contribution in [2.45, 2.75) is 13.8 Å². The summed E-state index contributed by atoms with van der Waals surface area (Å²) in [6, 6.07) is 6.57. The Balaban J connectivity index is 2.63. The summed E-state index contributed by atoms with van der Waals surface area (Å²) in [7, 11) is 1.32. The minimum absolute atomic E-state index is 0.0354. The van der Waals surface area contributed by atoms with E-state index in [0.717, 1.165) is 0 Å². The fourth-order valence-corrected chi connectivity index (χ4v) is 1.64. The number of amides is 1. The molecule has 5 heteroatoms. The molecule has 0 spiro atoms. The lowest BCUT2D eigenvalue weighted by Crippen LogP contribution is -2.34. The van der Waals surface area contributed by atoms with Crippen molar-refractivity contribution in [3.63, 3.8) is 0 Å². The van der Waals surface area contributed by atoms with Gasteiger partial charge in [0.05, 0.1) is 12.7 Å². The Morgan fingerprint density at radius 1 is 1.21 bits per heavy atom. The molecule has 0 radical (unpaired) electrons.